The summed E-state index contributed by atoms with van der Waals surface area (Å²) in [7, 11) is 0. The Hall–Kier alpha value is -1.39. The molecular weight excluding hydrogens is 379 g/mol. The summed E-state index contributed by atoms with van der Waals surface area (Å²) in [6.07, 6.45) is 2.58. The lowest BCUT2D eigenvalue weighted by atomic mass is 9.64. The first-order chi connectivity index (χ1) is 13.1. The fourth-order valence-electron chi connectivity index (χ4n) is 5.52. The molecule has 5 heteroatoms. The molecule has 5 rings (SSSR count). The average molecular weight is 401 g/mol. The molecule has 0 bridgehead atoms. The second-order valence-electron chi connectivity index (χ2n) is 8.04. The van der Waals surface area contributed by atoms with Crippen molar-refractivity contribution in [3.05, 3.63) is 71.8 Å². The molecule has 140 valence electrons. The summed E-state index contributed by atoms with van der Waals surface area (Å²) in [5.41, 5.74) is 7.17. The molecule has 1 heterocycles. The van der Waals surface area contributed by atoms with Crippen LogP contribution in [-0.2, 0) is 4.79 Å². The van der Waals surface area contributed by atoms with Gasteiger partial charge in [0, 0.05) is 11.8 Å². The number of nitrogens with one attached hydrogen (secondary N) is 2. The zero-order valence-corrected chi connectivity index (χ0v) is 16.4. The molecule has 2 N–H and O–H groups in total. The van der Waals surface area contributed by atoms with Gasteiger partial charge in [-0.2, -0.15) is 0 Å². The van der Waals surface area contributed by atoms with Crippen LogP contribution in [0.5, 0.6) is 0 Å². The molecule has 1 aliphatic heterocycles. The zero-order chi connectivity index (χ0) is 18.6. The number of ketones is 1. The van der Waals surface area contributed by atoms with Crippen molar-refractivity contribution in [2.45, 2.75) is 47.5 Å². The topological polar surface area (TPSA) is 41.1 Å². The van der Waals surface area contributed by atoms with E-state index in [1.807, 2.05) is 36.4 Å². The number of rotatable bonds is 2. The normalized spacial score (nSPS) is 40.6. The van der Waals surface area contributed by atoms with Crippen LogP contribution >= 0.6 is 23.2 Å². The van der Waals surface area contributed by atoms with E-state index >= 15 is 0 Å². The molecule has 1 saturated heterocycles. The second kappa shape index (κ2) is 6.31. The molecule has 27 heavy (non-hydrogen) atoms. The van der Waals surface area contributed by atoms with Crippen LogP contribution in [0.4, 0.5) is 0 Å². The highest BCUT2D eigenvalue weighted by molar-refractivity contribution is 6.28. The van der Waals surface area contributed by atoms with Crippen molar-refractivity contribution in [3.63, 3.8) is 0 Å². The van der Waals surface area contributed by atoms with Gasteiger partial charge >= 0.3 is 0 Å². The number of hydrazine groups is 1. The number of alkyl halides is 2. The van der Waals surface area contributed by atoms with E-state index in [4.69, 9.17) is 23.2 Å². The van der Waals surface area contributed by atoms with Crippen LogP contribution in [0.25, 0.3) is 0 Å². The quantitative estimate of drug-likeness (QED) is 0.582. The summed E-state index contributed by atoms with van der Waals surface area (Å²) in [5.74, 6) is 0.183. The minimum atomic E-state index is -0.706. The average Bonchev–Trinajstić information content (AvgIpc) is 3.14. The third-order valence-electron chi connectivity index (χ3n) is 6.79. The minimum Gasteiger partial charge on any atom is -0.297 e. The third kappa shape index (κ3) is 2.39. The standard InChI is InChI=1S/C22H22Cl2N2O/c23-18-16(14-8-3-1-4-9-14)21(18)12-7-13-22(20(21)27)17(19(24)25-26-22)15-10-5-2-6-11-15/h1-6,8-11,16-19,25-26H,7,12-13H2. The smallest absolute Gasteiger partial charge is 0.163 e. The molecule has 2 spiro atoms. The summed E-state index contributed by atoms with van der Waals surface area (Å²) in [6, 6.07) is 20.3. The van der Waals surface area contributed by atoms with Crippen molar-refractivity contribution in [1.29, 1.82) is 0 Å². The van der Waals surface area contributed by atoms with E-state index in [1.165, 1.54) is 0 Å². The minimum absolute atomic E-state index is 0.0811. The van der Waals surface area contributed by atoms with Crippen molar-refractivity contribution >= 4 is 29.0 Å². The molecule has 3 fully saturated rings. The zero-order valence-electron chi connectivity index (χ0n) is 14.9. The summed E-state index contributed by atoms with van der Waals surface area (Å²) in [5, 5.41) is -0.155. The van der Waals surface area contributed by atoms with Gasteiger partial charge in [0.15, 0.2) is 5.78 Å². The highest BCUT2D eigenvalue weighted by Gasteiger charge is 2.75. The summed E-state index contributed by atoms with van der Waals surface area (Å²) < 4.78 is 0. The van der Waals surface area contributed by atoms with Gasteiger partial charge in [-0.1, -0.05) is 60.7 Å². The van der Waals surface area contributed by atoms with Crippen LogP contribution in [0.3, 0.4) is 0 Å². The van der Waals surface area contributed by atoms with Crippen LogP contribution in [0.15, 0.2) is 60.7 Å². The van der Waals surface area contributed by atoms with Crippen LogP contribution in [-0.4, -0.2) is 22.2 Å². The van der Waals surface area contributed by atoms with Crippen molar-refractivity contribution in [1.82, 2.24) is 10.9 Å². The first-order valence-corrected chi connectivity index (χ1v) is 10.4. The number of carbonyl (C=O) groups is 1. The van der Waals surface area contributed by atoms with Gasteiger partial charge < -0.3 is 0 Å². The number of hydrogen-bond donors (Lipinski definition) is 2. The Morgan fingerprint density at radius 2 is 1.44 bits per heavy atom. The summed E-state index contributed by atoms with van der Waals surface area (Å²) in [4.78, 5) is 14.0. The molecule has 3 nitrogen and oxygen atoms in total. The third-order valence-corrected chi connectivity index (χ3v) is 7.80. The SMILES string of the molecule is O=C1C2(CCCC13C(Cl)C3c1ccccc1)NNC(Cl)C2c1ccccc1. The molecule has 0 amide bonds. The van der Waals surface area contributed by atoms with E-state index in [2.05, 4.69) is 35.1 Å². The molecule has 0 radical (unpaired) electrons. The fraction of sp³-hybridized carbons (Fsp3) is 0.409. The van der Waals surface area contributed by atoms with Crippen LogP contribution in [0.2, 0.25) is 0 Å². The number of halogens is 2. The lowest BCUT2D eigenvalue weighted by Gasteiger charge is -2.41. The van der Waals surface area contributed by atoms with E-state index in [9.17, 15) is 4.79 Å². The molecule has 2 aliphatic carbocycles. The van der Waals surface area contributed by atoms with Crippen molar-refractivity contribution in [2.24, 2.45) is 5.41 Å². The largest absolute Gasteiger partial charge is 0.297 e. The fourth-order valence-corrected chi connectivity index (χ4v) is 6.58. The highest BCUT2D eigenvalue weighted by atomic mass is 35.5. The van der Waals surface area contributed by atoms with Gasteiger partial charge in [0.25, 0.3) is 0 Å². The number of Topliss-reactive ketones (excluding diaryl/α,β-unsaturated/α-hetero) is 1. The summed E-state index contributed by atoms with van der Waals surface area (Å²) >= 11 is 13.5. The molecule has 3 aliphatic rings. The molecular formula is C22H22Cl2N2O. The van der Waals surface area contributed by atoms with Gasteiger partial charge in [-0.3, -0.25) is 4.79 Å². The predicted octanol–water partition coefficient (Wildman–Crippen LogP) is 4.33. The van der Waals surface area contributed by atoms with E-state index in [0.29, 0.717) is 0 Å². The van der Waals surface area contributed by atoms with Crippen LogP contribution in [0.1, 0.15) is 42.2 Å². The Labute approximate surface area is 169 Å². The molecule has 6 unspecified atom stereocenters. The predicted molar refractivity (Wildman–Crippen MR) is 108 cm³/mol. The lowest BCUT2D eigenvalue weighted by molar-refractivity contribution is -0.134. The van der Waals surface area contributed by atoms with E-state index in [1.54, 1.807) is 0 Å². The van der Waals surface area contributed by atoms with Gasteiger partial charge in [-0.15, -0.1) is 23.2 Å². The molecule has 2 aromatic rings. The maximum atomic E-state index is 14.0. The molecule has 2 saturated carbocycles. The van der Waals surface area contributed by atoms with Gasteiger partial charge in [0.2, 0.25) is 0 Å². The first kappa shape index (κ1) is 17.7. The number of hydrogen-bond acceptors (Lipinski definition) is 3. The summed E-state index contributed by atoms with van der Waals surface area (Å²) in [6.45, 7) is 0. The molecule has 2 aromatic carbocycles. The van der Waals surface area contributed by atoms with E-state index in [0.717, 1.165) is 30.4 Å². The van der Waals surface area contributed by atoms with Gasteiger partial charge in [0.05, 0.1) is 10.8 Å². The van der Waals surface area contributed by atoms with Gasteiger partial charge in [0.1, 0.15) is 11.0 Å². The Morgan fingerprint density at radius 1 is 0.852 bits per heavy atom. The van der Waals surface area contributed by atoms with Gasteiger partial charge in [-0.05, 0) is 30.4 Å². The number of benzene rings is 2. The first-order valence-electron chi connectivity index (χ1n) is 9.57. The van der Waals surface area contributed by atoms with Crippen molar-refractivity contribution in [2.75, 3.05) is 0 Å². The highest BCUT2D eigenvalue weighted by Crippen LogP contribution is 2.70. The lowest BCUT2D eigenvalue weighted by Crippen LogP contribution is -2.59. The van der Waals surface area contributed by atoms with Gasteiger partial charge in [-0.25, -0.2) is 10.9 Å². The molecule has 0 aromatic heterocycles. The Bertz CT molecular complexity index is 857. The Morgan fingerprint density at radius 3 is 2.07 bits per heavy atom. The van der Waals surface area contributed by atoms with E-state index in [-0.39, 0.29) is 28.5 Å². The maximum Gasteiger partial charge on any atom is 0.163 e. The van der Waals surface area contributed by atoms with Crippen LogP contribution in [0, 0.1) is 5.41 Å². The van der Waals surface area contributed by atoms with E-state index < -0.39 is 11.0 Å². The maximum absolute atomic E-state index is 14.0. The Balaban J connectivity index is 1.56. The number of carbonyl (C=O) groups excluding carboxylic acids is 1. The van der Waals surface area contributed by atoms with Crippen molar-refractivity contribution < 1.29 is 4.79 Å². The monoisotopic (exact) mass is 400 g/mol. The Kier molecular flexibility index (Phi) is 4.14. The van der Waals surface area contributed by atoms with Crippen LogP contribution < -0.4 is 10.9 Å². The van der Waals surface area contributed by atoms with Crippen molar-refractivity contribution in [3.8, 4) is 0 Å². The second-order valence-corrected chi connectivity index (χ2v) is 8.98. The molecule has 6 atom stereocenters.